The van der Waals surface area contributed by atoms with Gasteiger partial charge in [-0.2, -0.15) is 0 Å². The number of rotatable bonds is 1. The Morgan fingerprint density at radius 1 is 1.62 bits per heavy atom. The van der Waals surface area contributed by atoms with Crippen LogP contribution in [-0.4, -0.2) is 16.2 Å². The van der Waals surface area contributed by atoms with Gasteiger partial charge in [-0.15, -0.1) is 0 Å². The standard InChI is InChI=1S/C10H14N2O/c1-7-3-2-4-12-9(7)10(11)5-8(13)6-10/h2-4,8,13H,5-6,11H2,1H3. The maximum atomic E-state index is 9.23. The molecule has 1 aliphatic carbocycles. The number of aliphatic hydroxyl groups is 1. The van der Waals surface area contributed by atoms with Crippen molar-refractivity contribution < 1.29 is 5.11 Å². The first-order chi connectivity index (χ1) is 6.12. The van der Waals surface area contributed by atoms with Crippen molar-refractivity contribution in [2.24, 2.45) is 5.73 Å². The number of aromatic nitrogens is 1. The quantitative estimate of drug-likeness (QED) is 0.665. The molecule has 0 spiro atoms. The Bertz CT molecular complexity index is 318. The molecule has 0 unspecified atom stereocenters. The van der Waals surface area contributed by atoms with Crippen molar-refractivity contribution in [3.63, 3.8) is 0 Å². The van der Waals surface area contributed by atoms with Gasteiger partial charge >= 0.3 is 0 Å². The van der Waals surface area contributed by atoms with Gasteiger partial charge < -0.3 is 10.8 Å². The molecule has 0 aliphatic heterocycles. The lowest BCUT2D eigenvalue weighted by atomic mass is 9.72. The molecule has 0 saturated heterocycles. The van der Waals surface area contributed by atoms with Crippen LogP contribution in [0.2, 0.25) is 0 Å². The lowest BCUT2D eigenvalue weighted by Crippen LogP contribution is -2.52. The molecule has 3 heteroatoms. The van der Waals surface area contributed by atoms with E-state index in [1.165, 1.54) is 0 Å². The van der Waals surface area contributed by atoms with E-state index >= 15 is 0 Å². The molecule has 1 aromatic rings. The third-order valence-corrected chi connectivity index (χ3v) is 2.68. The van der Waals surface area contributed by atoms with Gasteiger partial charge in [0.05, 0.1) is 17.3 Å². The molecule has 70 valence electrons. The number of hydrogen-bond donors (Lipinski definition) is 2. The fraction of sp³-hybridized carbons (Fsp3) is 0.500. The second-order valence-corrected chi connectivity index (χ2v) is 3.89. The van der Waals surface area contributed by atoms with Crippen LogP contribution in [0.25, 0.3) is 0 Å². The summed E-state index contributed by atoms with van der Waals surface area (Å²) in [5, 5.41) is 9.23. The molecule has 0 bridgehead atoms. The van der Waals surface area contributed by atoms with Gasteiger partial charge in [0.1, 0.15) is 0 Å². The van der Waals surface area contributed by atoms with Crippen molar-refractivity contribution in [3.8, 4) is 0 Å². The van der Waals surface area contributed by atoms with Crippen molar-refractivity contribution in [2.45, 2.75) is 31.4 Å². The van der Waals surface area contributed by atoms with E-state index in [2.05, 4.69) is 4.98 Å². The number of nitrogens with zero attached hydrogens (tertiary/aromatic N) is 1. The zero-order valence-electron chi connectivity index (χ0n) is 7.70. The lowest BCUT2D eigenvalue weighted by molar-refractivity contribution is 0.0185. The minimum Gasteiger partial charge on any atom is -0.393 e. The summed E-state index contributed by atoms with van der Waals surface area (Å²) >= 11 is 0. The Balaban J connectivity index is 2.31. The first-order valence-electron chi connectivity index (χ1n) is 4.51. The van der Waals surface area contributed by atoms with Gasteiger partial charge in [0, 0.05) is 6.20 Å². The number of pyridine rings is 1. The minimum absolute atomic E-state index is 0.244. The molecule has 0 aromatic carbocycles. The second-order valence-electron chi connectivity index (χ2n) is 3.89. The molecule has 1 aliphatic rings. The van der Waals surface area contributed by atoms with Gasteiger partial charge in [-0.05, 0) is 31.4 Å². The largest absolute Gasteiger partial charge is 0.393 e. The van der Waals surface area contributed by atoms with E-state index in [9.17, 15) is 5.11 Å². The Morgan fingerprint density at radius 2 is 2.31 bits per heavy atom. The summed E-state index contributed by atoms with van der Waals surface area (Å²) in [6.45, 7) is 2.00. The van der Waals surface area contributed by atoms with Crippen LogP contribution in [0.15, 0.2) is 18.3 Å². The van der Waals surface area contributed by atoms with Crippen molar-refractivity contribution in [3.05, 3.63) is 29.6 Å². The molecule has 13 heavy (non-hydrogen) atoms. The molecular formula is C10H14N2O. The first kappa shape index (κ1) is 8.66. The van der Waals surface area contributed by atoms with Crippen molar-refractivity contribution >= 4 is 0 Å². The molecule has 0 radical (unpaired) electrons. The average Bonchev–Trinajstić information content (AvgIpc) is 2.02. The van der Waals surface area contributed by atoms with Crippen molar-refractivity contribution in [1.82, 2.24) is 4.98 Å². The van der Waals surface area contributed by atoms with Crippen LogP contribution in [0.4, 0.5) is 0 Å². The predicted octanol–water partition coefficient (Wildman–Crippen LogP) is 0.699. The van der Waals surface area contributed by atoms with E-state index in [1.807, 2.05) is 19.1 Å². The maximum Gasteiger partial charge on any atom is 0.0635 e. The second kappa shape index (κ2) is 2.79. The SMILES string of the molecule is Cc1cccnc1C1(N)CC(O)C1. The van der Waals surface area contributed by atoms with Crippen LogP contribution >= 0.6 is 0 Å². The zero-order valence-corrected chi connectivity index (χ0v) is 7.70. The maximum absolute atomic E-state index is 9.23. The fourth-order valence-electron chi connectivity index (χ4n) is 1.98. The Morgan fingerprint density at radius 3 is 2.85 bits per heavy atom. The number of aliphatic hydroxyl groups excluding tert-OH is 1. The summed E-state index contributed by atoms with van der Waals surface area (Å²) < 4.78 is 0. The van der Waals surface area contributed by atoms with Crippen molar-refractivity contribution in [1.29, 1.82) is 0 Å². The van der Waals surface area contributed by atoms with E-state index < -0.39 is 0 Å². The molecule has 3 N–H and O–H groups in total. The van der Waals surface area contributed by atoms with Crippen LogP contribution < -0.4 is 5.73 Å². The highest BCUT2D eigenvalue weighted by Crippen LogP contribution is 2.38. The molecule has 0 atom stereocenters. The zero-order chi connectivity index (χ0) is 9.47. The topological polar surface area (TPSA) is 59.1 Å². The summed E-state index contributed by atoms with van der Waals surface area (Å²) in [4.78, 5) is 4.27. The number of hydrogen-bond acceptors (Lipinski definition) is 3. The van der Waals surface area contributed by atoms with Crippen LogP contribution in [0.5, 0.6) is 0 Å². The smallest absolute Gasteiger partial charge is 0.0635 e. The Hall–Kier alpha value is -0.930. The number of aryl methyl sites for hydroxylation is 1. The average molecular weight is 178 g/mol. The molecule has 2 rings (SSSR count). The van der Waals surface area contributed by atoms with Gasteiger partial charge in [-0.25, -0.2) is 0 Å². The van der Waals surface area contributed by atoms with Crippen LogP contribution in [-0.2, 0) is 5.54 Å². The van der Waals surface area contributed by atoms with Gasteiger partial charge in [0.25, 0.3) is 0 Å². The van der Waals surface area contributed by atoms with E-state index in [4.69, 9.17) is 5.73 Å². The highest BCUT2D eigenvalue weighted by molar-refractivity contribution is 5.28. The van der Waals surface area contributed by atoms with Crippen molar-refractivity contribution in [2.75, 3.05) is 0 Å². The van der Waals surface area contributed by atoms with Crippen LogP contribution in [0, 0.1) is 6.92 Å². The lowest BCUT2D eigenvalue weighted by Gasteiger charge is -2.42. The molecule has 1 aromatic heterocycles. The molecule has 1 saturated carbocycles. The summed E-state index contributed by atoms with van der Waals surface area (Å²) in [6.07, 6.45) is 2.77. The molecule has 1 heterocycles. The van der Waals surface area contributed by atoms with Gasteiger partial charge in [0.2, 0.25) is 0 Å². The summed E-state index contributed by atoms with van der Waals surface area (Å²) in [5.74, 6) is 0. The summed E-state index contributed by atoms with van der Waals surface area (Å²) in [5.41, 5.74) is 7.75. The highest BCUT2D eigenvalue weighted by atomic mass is 16.3. The van der Waals surface area contributed by atoms with E-state index in [-0.39, 0.29) is 11.6 Å². The third kappa shape index (κ3) is 1.34. The van der Waals surface area contributed by atoms with Gasteiger partial charge in [-0.1, -0.05) is 6.07 Å². The molecule has 1 fully saturated rings. The minimum atomic E-state index is -0.384. The van der Waals surface area contributed by atoms with Gasteiger partial charge in [0.15, 0.2) is 0 Å². The number of nitrogens with two attached hydrogens (primary N) is 1. The fourth-order valence-corrected chi connectivity index (χ4v) is 1.98. The first-order valence-corrected chi connectivity index (χ1v) is 4.51. The van der Waals surface area contributed by atoms with E-state index in [0.717, 1.165) is 11.3 Å². The van der Waals surface area contributed by atoms with E-state index in [1.54, 1.807) is 6.20 Å². The Labute approximate surface area is 77.6 Å². The predicted molar refractivity (Wildman–Crippen MR) is 50.1 cm³/mol. The normalized spacial score (nSPS) is 32.7. The van der Waals surface area contributed by atoms with Crippen LogP contribution in [0.3, 0.4) is 0 Å². The monoisotopic (exact) mass is 178 g/mol. The third-order valence-electron chi connectivity index (χ3n) is 2.68. The highest BCUT2D eigenvalue weighted by Gasteiger charge is 2.43. The molecular weight excluding hydrogens is 164 g/mol. The van der Waals surface area contributed by atoms with Gasteiger partial charge in [-0.3, -0.25) is 4.98 Å². The Kier molecular flexibility index (Phi) is 1.86. The molecule has 3 nitrogen and oxygen atoms in total. The summed E-state index contributed by atoms with van der Waals surface area (Å²) in [6, 6.07) is 3.90. The van der Waals surface area contributed by atoms with Crippen LogP contribution in [0.1, 0.15) is 24.1 Å². The summed E-state index contributed by atoms with van der Waals surface area (Å²) in [7, 11) is 0. The molecule has 0 amide bonds. The van der Waals surface area contributed by atoms with E-state index in [0.29, 0.717) is 12.8 Å².